The van der Waals surface area contributed by atoms with E-state index in [0.717, 1.165) is 25.1 Å². The van der Waals surface area contributed by atoms with E-state index >= 15 is 0 Å². The van der Waals surface area contributed by atoms with Gasteiger partial charge in [-0.05, 0) is 61.2 Å². The summed E-state index contributed by atoms with van der Waals surface area (Å²) in [6.07, 6.45) is 2.28. The summed E-state index contributed by atoms with van der Waals surface area (Å²) in [6.45, 7) is 0.887. The van der Waals surface area contributed by atoms with Crippen molar-refractivity contribution in [2.75, 3.05) is 20.8 Å². The molecule has 2 aromatic rings. The molecule has 0 amide bonds. The van der Waals surface area contributed by atoms with Gasteiger partial charge < -0.3 is 14.8 Å². The average molecular weight is 350 g/mol. The predicted molar refractivity (Wildman–Crippen MR) is 93.7 cm³/mol. The molecule has 3 nitrogen and oxygen atoms in total. The Labute approximate surface area is 146 Å². The molecule has 0 aliphatic carbocycles. The lowest BCUT2D eigenvalue weighted by Gasteiger charge is -2.28. The molecular weight excluding hydrogens is 329 g/mol. The number of methoxy groups -OCH3 is 2. The Bertz CT molecular complexity index is 715. The normalized spacial score (nSPS) is 16.6. The van der Waals surface area contributed by atoms with E-state index in [4.69, 9.17) is 21.1 Å². The molecule has 1 aliphatic heterocycles. The second-order valence-electron chi connectivity index (χ2n) is 5.90. The lowest BCUT2D eigenvalue weighted by Crippen LogP contribution is -2.30. The summed E-state index contributed by atoms with van der Waals surface area (Å²) in [4.78, 5) is 0. The highest BCUT2D eigenvalue weighted by Crippen LogP contribution is 2.36. The molecule has 0 bridgehead atoms. The summed E-state index contributed by atoms with van der Waals surface area (Å²) >= 11 is 6.14. The maximum absolute atomic E-state index is 14.0. The van der Waals surface area contributed by atoms with Gasteiger partial charge >= 0.3 is 0 Å². The number of nitrogens with one attached hydrogen (secondary N) is 1. The third-order valence-electron chi connectivity index (χ3n) is 4.55. The van der Waals surface area contributed by atoms with Crippen LogP contribution in [0.15, 0.2) is 30.3 Å². The molecular formula is C19H21ClFNO2. The van der Waals surface area contributed by atoms with Gasteiger partial charge in [0, 0.05) is 16.6 Å². The molecule has 24 heavy (non-hydrogen) atoms. The highest BCUT2D eigenvalue weighted by molar-refractivity contribution is 6.31. The minimum absolute atomic E-state index is 0.143. The number of halogens is 2. The molecule has 1 heterocycles. The van der Waals surface area contributed by atoms with Gasteiger partial charge in [0.1, 0.15) is 5.82 Å². The topological polar surface area (TPSA) is 30.5 Å². The lowest BCUT2D eigenvalue weighted by atomic mass is 9.90. The molecule has 0 fully saturated rings. The van der Waals surface area contributed by atoms with Crippen molar-refractivity contribution < 1.29 is 13.9 Å². The molecule has 3 rings (SSSR count). The maximum Gasteiger partial charge on any atom is 0.161 e. The van der Waals surface area contributed by atoms with E-state index in [1.807, 2.05) is 12.1 Å². The van der Waals surface area contributed by atoms with Gasteiger partial charge in [0.05, 0.1) is 14.2 Å². The van der Waals surface area contributed by atoms with Gasteiger partial charge in [-0.1, -0.05) is 17.7 Å². The molecule has 0 spiro atoms. The van der Waals surface area contributed by atoms with Crippen LogP contribution in [0.4, 0.5) is 4.39 Å². The summed E-state index contributed by atoms with van der Waals surface area (Å²) in [7, 11) is 3.28. The first-order chi connectivity index (χ1) is 11.6. The van der Waals surface area contributed by atoms with Gasteiger partial charge in [-0.2, -0.15) is 0 Å². The van der Waals surface area contributed by atoms with Gasteiger partial charge in [-0.3, -0.25) is 0 Å². The fourth-order valence-corrected chi connectivity index (χ4v) is 3.54. The van der Waals surface area contributed by atoms with E-state index in [-0.39, 0.29) is 11.9 Å². The highest BCUT2D eigenvalue weighted by Gasteiger charge is 2.23. The summed E-state index contributed by atoms with van der Waals surface area (Å²) in [5.74, 6) is 1.22. The number of ether oxygens (including phenoxy) is 2. The van der Waals surface area contributed by atoms with Gasteiger partial charge in [0.2, 0.25) is 0 Å². The Hall–Kier alpha value is -1.78. The molecule has 0 saturated carbocycles. The lowest BCUT2D eigenvalue weighted by molar-refractivity contribution is 0.351. The van der Waals surface area contributed by atoms with Crippen molar-refractivity contribution >= 4 is 11.6 Å². The van der Waals surface area contributed by atoms with Crippen LogP contribution in [-0.4, -0.2) is 20.8 Å². The minimum atomic E-state index is -0.245. The molecule has 0 aromatic heterocycles. The van der Waals surface area contributed by atoms with Crippen molar-refractivity contribution in [1.82, 2.24) is 5.32 Å². The Morgan fingerprint density at radius 1 is 1.21 bits per heavy atom. The van der Waals surface area contributed by atoms with Gasteiger partial charge in [0.15, 0.2) is 11.5 Å². The number of hydrogen-bond acceptors (Lipinski definition) is 3. The second kappa shape index (κ2) is 7.41. The third-order valence-corrected chi connectivity index (χ3v) is 4.90. The molecule has 1 unspecified atom stereocenters. The number of benzene rings is 2. The number of rotatable bonds is 5. The van der Waals surface area contributed by atoms with Crippen molar-refractivity contribution in [2.24, 2.45) is 0 Å². The van der Waals surface area contributed by atoms with Crippen LogP contribution in [0.25, 0.3) is 0 Å². The summed E-state index contributed by atoms with van der Waals surface area (Å²) in [5, 5.41) is 4.00. The summed E-state index contributed by atoms with van der Waals surface area (Å²) < 4.78 is 24.8. The molecule has 128 valence electrons. The van der Waals surface area contributed by atoms with Crippen LogP contribution in [0.5, 0.6) is 11.5 Å². The Balaban J connectivity index is 1.84. The second-order valence-corrected chi connectivity index (χ2v) is 6.31. The molecule has 0 saturated heterocycles. The molecule has 1 N–H and O–H groups in total. The zero-order valence-corrected chi connectivity index (χ0v) is 14.6. The van der Waals surface area contributed by atoms with Crippen LogP contribution >= 0.6 is 11.6 Å². The van der Waals surface area contributed by atoms with Crippen LogP contribution in [0.1, 0.15) is 29.2 Å². The zero-order valence-electron chi connectivity index (χ0n) is 13.9. The summed E-state index contributed by atoms with van der Waals surface area (Å²) in [6, 6.07) is 9.02. The maximum atomic E-state index is 14.0. The molecule has 0 radical (unpaired) electrons. The van der Waals surface area contributed by atoms with E-state index in [9.17, 15) is 4.39 Å². The first-order valence-electron chi connectivity index (χ1n) is 8.05. The molecule has 5 heteroatoms. The van der Waals surface area contributed by atoms with Crippen molar-refractivity contribution in [3.8, 4) is 11.5 Å². The average Bonchev–Trinajstić information content (AvgIpc) is 2.60. The fraction of sp³-hybridized carbons (Fsp3) is 0.368. The standard InChI is InChI=1S/C19H21ClFNO2/c1-23-18-10-12-8-9-22-17(14(12)11-19(18)24-2)7-6-13-15(20)4-3-5-16(13)21/h3-5,10-11,17,22H,6-9H2,1-2H3. The van der Waals surface area contributed by atoms with Crippen LogP contribution < -0.4 is 14.8 Å². The predicted octanol–water partition coefficient (Wildman–Crippen LogP) is 4.32. The van der Waals surface area contributed by atoms with E-state index < -0.39 is 0 Å². The first-order valence-corrected chi connectivity index (χ1v) is 8.43. The van der Waals surface area contributed by atoms with Gasteiger partial charge in [0.25, 0.3) is 0 Å². The fourth-order valence-electron chi connectivity index (χ4n) is 3.29. The smallest absolute Gasteiger partial charge is 0.161 e. The van der Waals surface area contributed by atoms with E-state index in [0.29, 0.717) is 22.8 Å². The Morgan fingerprint density at radius 3 is 2.67 bits per heavy atom. The quantitative estimate of drug-likeness (QED) is 0.872. The summed E-state index contributed by atoms with van der Waals surface area (Å²) in [5.41, 5.74) is 3.01. The molecule has 1 aliphatic rings. The zero-order chi connectivity index (χ0) is 17.1. The van der Waals surface area contributed by atoms with Crippen molar-refractivity contribution in [2.45, 2.75) is 25.3 Å². The SMILES string of the molecule is COc1cc2c(cc1OC)C(CCc1c(F)cccc1Cl)NCC2. The molecule has 2 aromatic carbocycles. The van der Waals surface area contributed by atoms with Crippen LogP contribution in [0.2, 0.25) is 5.02 Å². The van der Waals surface area contributed by atoms with Gasteiger partial charge in [-0.15, -0.1) is 0 Å². The largest absolute Gasteiger partial charge is 0.493 e. The Morgan fingerprint density at radius 2 is 1.96 bits per heavy atom. The van der Waals surface area contributed by atoms with Crippen LogP contribution in [-0.2, 0) is 12.8 Å². The minimum Gasteiger partial charge on any atom is -0.493 e. The number of hydrogen-bond donors (Lipinski definition) is 1. The number of fused-ring (bicyclic) bond motifs is 1. The molecule has 1 atom stereocenters. The first kappa shape index (κ1) is 17.1. The Kier molecular flexibility index (Phi) is 5.27. The van der Waals surface area contributed by atoms with Crippen LogP contribution in [0.3, 0.4) is 0 Å². The van der Waals surface area contributed by atoms with Crippen molar-refractivity contribution in [1.29, 1.82) is 0 Å². The van der Waals surface area contributed by atoms with Crippen LogP contribution in [0, 0.1) is 5.82 Å². The third kappa shape index (κ3) is 3.35. The monoisotopic (exact) mass is 349 g/mol. The van der Waals surface area contributed by atoms with Crippen molar-refractivity contribution in [3.63, 3.8) is 0 Å². The van der Waals surface area contributed by atoms with E-state index in [2.05, 4.69) is 5.32 Å². The van der Waals surface area contributed by atoms with E-state index in [1.165, 1.54) is 17.2 Å². The highest BCUT2D eigenvalue weighted by atomic mass is 35.5. The van der Waals surface area contributed by atoms with E-state index in [1.54, 1.807) is 26.4 Å². The van der Waals surface area contributed by atoms with Gasteiger partial charge in [-0.25, -0.2) is 4.39 Å². The van der Waals surface area contributed by atoms with Crippen molar-refractivity contribution in [3.05, 3.63) is 57.9 Å².